The molecule has 0 aromatic carbocycles. The molecule has 0 aliphatic carbocycles. The number of guanidine groups is 1. The lowest BCUT2D eigenvalue weighted by Crippen LogP contribution is -2.48. The van der Waals surface area contributed by atoms with E-state index in [9.17, 15) is 13.2 Å². The van der Waals surface area contributed by atoms with Crippen molar-refractivity contribution in [1.29, 1.82) is 0 Å². The Kier molecular flexibility index (Phi) is 5.26. The van der Waals surface area contributed by atoms with E-state index in [1.54, 1.807) is 7.05 Å². The molecule has 3 N–H and O–H groups in total. The minimum absolute atomic E-state index is 0.0546. The number of hydrogen-bond acceptors (Lipinski definition) is 5. The second-order valence-electron chi connectivity index (χ2n) is 6.05. The summed E-state index contributed by atoms with van der Waals surface area (Å²) in [5.74, 6) is 0.592. The zero-order valence-electron chi connectivity index (χ0n) is 13.8. The highest BCUT2D eigenvalue weighted by Crippen LogP contribution is 2.34. The molecule has 1 aromatic heterocycles. The molecular weight excluding hydrogens is 337 g/mol. The van der Waals surface area contributed by atoms with Crippen molar-refractivity contribution in [3.8, 4) is 0 Å². The SMILES string of the molecule is CN=C(NCCNc1nccc(C(F)(F)F)n1)NC1CC2CCC1O2. The molecule has 2 fully saturated rings. The first-order valence-corrected chi connectivity index (χ1v) is 8.22. The average Bonchev–Trinajstić information content (AvgIpc) is 3.20. The summed E-state index contributed by atoms with van der Waals surface area (Å²) in [7, 11) is 1.67. The first-order valence-electron chi connectivity index (χ1n) is 8.22. The molecule has 7 nitrogen and oxygen atoms in total. The summed E-state index contributed by atoms with van der Waals surface area (Å²) >= 11 is 0. The smallest absolute Gasteiger partial charge is 0.373 e. The number of anilines is 1. The monoisotopic (exact) mass is 358 g/mol. The summed E-state index contributed by atoms with van der Waals surface area (Å²) in [4.78, 5) is 11.4. The van der Waals surface area contributed by atoms with Crippen molar-refractivity contribution in [3.05, 3.63) is 18.0 Å². The Hall–Kier alpha value is -2.10. The van der Waals surface area contributed by atoms with Crippen molar-refractivity contribution in [1.82, 2.24) is 20.6 Å². The van der Waals surface area contributed by atoms with E-state index < -0.39 is 11.9 Å². The fourth-order valence-electron chi connectivity index (χ4n) is 3.12. The molecule has 1 aromatic rings. The van der Waals surface area contributed by atoms with E-state index in [2.05, 4.69) is 30.9 Å². The number of alkyl halides is 3. The van der Waals surface area contributed by atoms with Gasteiger partial charge in [-0.3, -0.25) is 4.99 Å². The first kappa shape index (κ1) is 17.7. The van der Waals surface area contributed by atoms with Gasteiger partial charge in [0.15, 0.2) is 5.96 Å². The van der Waals surface area contributed by atoms with Crippen LogP contribution in [0, 0.1) is 0 Å². The molecule has 25 heavy (non-hydrogen) atoms. The van der Waals surface area contributed by atoms with Crippen LogP contribution >= 0.6 is 0 Å². The summed E-state index contributed by atoms with van der Waals surface area (Å²) in [6.45, 7) is 0.816. The van der Waals surface area contributed by atoms with E-state index >= 15 is 0 Å². The molecule has 3 atom stereocenters. The van der Waals surface area contributed by atoms with Crippen molar-refractivity contribution in [2.75, 3.05) is 25.5 Å². The second-order valence-corrected chi connectivity index (χ2v) is 6.05. The topological polar surface area (TPSA) is 83.5 Å². The fraction of sp³-hybridized carbons (Fsp3) is 0.667. The molecule has 0 amide bonds. The van der Waals surface area contributed by atoms with Gasteiger partial charge in [-0.1, -0.05) is 0 Å². The van der Waals surface area contributed by atoms with E-state index in [0.717, 1.165) is 31.5 Å². The van der Waals surface area contributed by atoms with Crippen LogP contribution in [0.15, 0.2) is 17.3 Å². The van der Waals surface area contributed by atoms with Crippen molar-refractivity contribution in [2.24, 2.45) is 4.99 Å². The van der Waals surface area contributed by atoms with Gasteiger partial charge in [0.2, 0.25) is 5.95 Å². The summed E-state index contributed by atoms with van der Waals surface area (Å²) in [6.07, 6.45) is 0.346. The molecule has 2 aliphatic heterocycles. The van der Waals surface area contributed by atoms with Crippen LogP contribution in [0.2, 0.25) is 0 Å². The number of aromatic nitrogens is 2. The second kappa shape index (κ2) is 7.42. The third kappa shape index (κ3) is 4.50. The molecule has 0 saturated carbocycles. The third-order valence-corrected chi connectivity index (χ3v) is 4.30. The molecule has 2 aliphatic rings. The van der Waals surface area contributed by atoms with Gasteiger partial charge in [0, 0.05) is 26.3 Å². The molecule has 0 spiro atoms. The Morgan fingerprint density at radius 3 is 2.84 bits per heavy atom. The van der Waals surface area contributed by atoms with Gasteiger partial charge in [0.1, 0.15) is 5.69 Å². The highest BCUT2D eigenvalue weighted by atomic mass is 19.4. The van der Waals surface area contributed by atoms with E-state index in [4.69, 9.17) is 4.74 Å². The summed E-state index contributed by atoms with van der Waals surface area (Å²) < 4.78 is 43.6. The maximum atomic E-state index is 12.6. The molecule has 3 heterocycles. The summed E-state index contributed by atoms with van der Waals surface area (Å²) in [6, 6.07) is 1.09. The maximum absolute atomic E-state index is 12.6. The number of hydrogen-bond donors (Lipinski definition) is 3. The Morgan fingerprint density at radius 2 is 2.20 bits per heavy atom. The minimum Gasteiger partial charge on any atom is -0.373 e. The van der Waals surface area contributed by atoms with Gasteiger partial charge in [-0.15, -0.1) is 0 Å². The third-order valence-electron chi connectivity index (χ3n) is 4.30. The molecule has 138 valence electrons. The molecule has 10 heteroatoms. The highest BCUT2D eigenvalue weighted by Gasteiger charge is 2.41. The largest absolute Gasteiger partial charge is 0.433 e. The summed E-state index contributed by atoms with van der Waals surface area (Å²) in [5.41, 5.74) is -0.966. The van der Waals surface area contributed by atoms with E-state index in [1.165, 1.54) is 0 Å². The molecular formula is C15H21F3N6O. The van der Waals surface area contributed by atoms with E-state index in [-0.39, 0.29) is 18.1 Å². The lowest BCUT2D eigenvalue weighted by atomic mass is 9.96. The molecule has 3 rings (SSSR count). The number of rotatable bonds is 5. The Labute approximate surface area is 143 Å². The van der Waals surface area contributed by atoms with Crippen LogP contribution in [0.5, 0.6) is 0 Å². The number of aliphatic imine (C=N–C) groups is 1. The Morgan fingerprint density at radius 1 is 1.36 bits per heavy atom. The van der Waals surface area contributed by atoms with Gasteiger partial charge in [-0.25, -0.2) is 9.97 Å². The van der Waals surface area contributed by atoms with Crippen molar-refractivity contribution in [2.45, 2.75) is 43.7 Å². The molecule has 2 saturated heterocycles. The average molecular weight is 358 g/mol. The van der Waals surface area contributed by atoms with Crippen LogP contribution < -0.4 is 16.0 Å². The van der Waals surface area contributed by atoms with Crippen LogP contribution in [0.4, 0.5) is 19.1 Å². The van der Waals surface area contributed by atoms with Crippen LogP contribution in [-0.4, -0.2) is 54.3 Å². The molecule has 3 unspecified atom stereocenters. The maximum Gasteiger partial charge on any atom is 0.433 e. The van der Waals surface area contributed by atoms with Gasteiger partial charge >= 0.3 is 6.18 Å². The van der Waals surface area contributed by atoms with Crippen LogP contribution in [0.25, 0.3) is 0 Å². The van der Waals surface area contributed by atoms with Gasteiger partial charge in [-0.05, 0) is 25.3 Å². The van der Waals surface area contributed by atoms with Gasteiger partial charge in [-0.2, -0.15) is 13.2 Å². The number of fused-ring (bicyclic) bond motifs is 2. The van der Waals surface area contributed by atoms with Crippen molar-refractivity contribution < 1.29 is 17.9 Å². The fourth-order valence-corrected chi connectivity index (χ4v) is 3.12. The van der Waals surface area contributed by atoms with E-state index in [1.807, 2.05) is 0 Å². The van der Waals surface area contributed by atoms with Crippen molar-refractivity contribution in [3.63, 3.8) is 0 Å². The standard InChI is InChI=1S/C15H21F3N6O/c1-19-13(23-10-8-9-2-3-11(10)25-9)21-6-7-22-14-20-5-4-12(24-14)15(16,17)18/h4-5,9-11H,2-3,6-8H2,1H3,(H2,19,21,23)(H,20,22,24). The summed E-state index contributed by atoms with van der Waals surface area (Å²) in [5, 5.41) is 9.21. The highest BCUT2D eigenvalue weighted by molar-refractivity contribution is 5.80. The van der Waals surface area contributed by atoms with E-state index in [0.29, 0.717) is 25.2 Å². The normalized spacial score (nSPS) is 25.9. The molecule has 2 bridgehead atoms. The zero-order valence-corrected chi connectivity index (χ0v) is 13.8. The Bertz CT molecular complexity index is 624. The quantitative estimate of drug-likeness (QED) is 0.419. The first-order chi connectivity index (χ1) is 12.0. The van der Waals surface area contributed by atoms with Gasteiger partial charge < -0.3 is 20.7 Å². The van der Waals surface area contributed by atoms with Crippen molar-refractivity contribution >= 4 is 11.9 Å². The lowest BCUT2D eigenvalue weighted by Gasteiger charge is -2.22. The van der Waals surface area contributed by atoms with Crippen LogP contribution in [0.3, 0.4) is 0 Å². The number of nitrogens with zero attached hydrogens (tertiary/aromatic N) is 3. The number of ether oxygens (including phenoxy) is 1. The van der Waals surface area contributed by atoms with Gasteiger partial charge in [0.25, 0.3) is 0 Å². The zero-order chi connectivity index (χ0) is 17.9. The number of halogens is 3. The molecule has 0 radical (unpaired) electrons. The predicted octanol–water partition coefficient (Wildman–Crippen LogP) is 1.39. The Balaban J connectivity index is 1.41. The van der Waals surface area contributed by atoms with Crippen LogP contribution in [0.1, 0.15) is 25.0 Å². The van der Waals surface area contributed by atoms with Gasteiger partial charge in [0.05, 0.1) is 18.2 Å². The minimum atomic E-state index is -4.48. The lowest BCUT2D eigenvalue weighted by molar-refractivity contribution is -0.141. The van der Waals surface area contributed by atoms with Crippen LogP contribution in [-0.2, 0) is 10.9 Å². The predicted molar refractivity (Wildman–Crippen MR) is 86.3 cm³/mol. The number of nitrogens with one attached hydrogen (secondary N) is 3.